The van der Waals surface area contributed by atoms with Crippen molar-refractivity contribution in [2.75, 3.05) is 25.4 Å². The van der Waals surface area contributed by atoms with E-state index in [-0.39, 0.29) is 35.1 Å². The van der Waals surface area contributed by atoms with E-state index in [0.717, 1.165) is 38.2 Å². The molecule has 3 aliphatic heterocycles. The molecule has 0 aromatic heterocycles. The maximum atomic E-state index is 12.3. The van der Waals surface area contributed by atoms with Crippen LogP contribution in [-0.4, -0.2) is 53.0 Å². The maximum Gasteiger partial charge on any atom is 0.243 e. The van der Waals surface area contributed by atoms with Gasteiger partial charge in [-0.1, -0.05) is 0 Å². The van der Waals surface area contributed by atoms with Crippen molar-refractivity contribution >= 4 is 36.0 Å². The molecule has 2 N–H and O–H groups in total. The smallest absolute Gasteiger partial charge is 0.243 e. The molecule has 3 rings (SSSR count). The number of thioether (sulfide) groups is 1. The molecule has 3 aliphatic rings. The lowest BCUT2D eigenvalue weighted by Gasteiger charge is -2.29. The number of amides is 2. The standard InChI is InChI=1S/C14H23N3O2S.ClH/c1-14-5-2-12(18)17(14)11(9-20-14)13(19)16-7-4-10-3-6-15-8-10;/h10-11,15H,2-9H2,1H3,(H,16,19);1H. The highest BCUT2D eigenvalue weighted by Crippen LogP contribution is 2.47. The van der Waals surface area contributed by atoms with Gasteiger partial charge in [-0.05, 0) is 45.2 Å². The largest absolute Gasteiger partial charge is 0.354 e. The molecule has 0 spiro atoms. The minimum Gasteiger partial charge on any atom is -0.354 e. The minimum atomic E-state index is -0.262. The van der Waals surface area contributed by atoms with Gasteiger partial charge < -0.3 is 15.5 Å². The average Bonchev–Trinajstić information content (AvgIpc) is 3.09. The third kappa shape index (κ3) is 3.32. The Kier molecular flexibility index (Phi) is 5.43. The summed E-state index contributed by atoms with van der Waals surface area (Å²) in [5.74, 6) is 1.59. The average molecular weight is 334 g/mol. The summed E-state index contributed by atoms with van der Waals surface area (Å²) in [6.45, 7) is 4.97. The molecule has 0 bridgehead atoms. The Bertz CT molecular complexity index is 417. The van der Waals surface area contributed by atoms with Gasteiger partial charge in [0.2, 0.25) is 11.8 Å². The lowest BCUT2D eigenvalue weighted by molar-refractivity contribution is -0.137. The molecule has 5 nitrogen and oxygen atoms in total. The van der Waals surface area contributed by atoms with Crippen LogP contribution >= 0.6 is 24.2 Å². The topological polar surface area (TPSA) is 61.4 Å². The van der Waals surface area contributed by atoms with Crippen LogP contribution in [0.15, 0.2) is 0 Å². The Labute approximate surface area is 136 Å². The first-order valence-electron chi connectivity index (χ1n) is 7.55. The van der Waals surface area contributed by atoms with Crippen LogP contribution in [0.5, 0.6) is 0 Å². The predicted octanol–water partition coefficient (Wildman–Crippen LogP) is 0.978. The van der Waals surface area contributed by atoms with Crippen LogP contribution in [0.25, 0.3) is 0 Å². The zero-order valence-corrected chi connectivity index (χ0v) is 14.0. The molecule has 3 saturated heterocycles. The van der Waals surface area contributed by atoms with Gasteiger partial charge in [0, 0.05) is 18.7 Å². The molecule has 2 amide bonds. The van der Waals surface area contributed by atoms with E-state index in [1.165, 1.54) is 6.42 Å². The molecule has 3 atom stereocenters. The molecule has 0 saturated carbocycles. The number of fused-ring (bicyclic) bond motifs is 1. The molecule has 21 heavy (non-hydrogen) atoms. The molecular weight excluding hydrogens is 310 g/mol. The number of carbonyl (C=O) groups is 2. The van der Waals surface area contributed by atoms with E-state index in [9.17, 15) is 9.59 Å². The summed E-state index contributed by atoms with van der Waals surface area (Å²) in [6.07, 6.45) is 3.69. The number of nitrogens with zero attached hydrogens (tertiary/aromatic N) is 1. The summed E-state index contributed by atoms with van der Waals surface area (Å²) in [4.78, 5) is 26.0. The normalized spacial score (nSPS) is 34.7. The monoisotopic (exact) mass is 333 g/mol. The van der Waals surface area contributed by atoms with Crippen molar-refractivity contribution in [2.45, 2.75) is 43.5 Å². The van der Waals surface area contributed by atoms with E-state index in [0.29, 0.717) is 12.3 Å². The van der Waals surface area contributed by atoms with E-state index in [2.05, 4.69) is 17.6 Å². The van der Waals surface area contributed by atoms with Crippen LogP contribution < -0.4 is 10.6 Å². The Morgan fingerprint density at radius 2 is 2.38 bits per heavy atom. The second kappa shape index (κ2) is 6.75. The van der Waals surface area contributed by atoms with E-state index < -0.39 is 0 Å². The number of halogens is 1. The van der Waals surface area contributed by atoms with Crippen molar-refractivity contribution in [3.8, 4) is 0 Å². The predicted molar refractivity (Wildman–Crippen MR) is 86.6 cm³/mol. The molecular formula is C14H24ClN3O2S. The lowest BCUT2D eigenvalue weighted by Crippen LogP contribution is -2.50. The second-order valence-electron chi connectivity index (χ2n) is 6.20. The Morgan fingerprint density at radius 3 is 3.10 bits per heavy atom. The molecule has 3 unspecified atom stereocenters. The zero-order valence-electron chi connectivity index (χ0n) is 12.4. The molecule has 120 valence electrons. The van der Waals surface area contributed by atoms with Crippen molar-refractivity contribution in [3.05, 3.63) is 0 Å². The molecule has 0 radical (unpaired) electrons. The zero-order chi connectivity index (χ0) is 14.2. The highest BCUT2D eigenvalue weighted by atomic mass is 35.5. The number of hydrogen-bond acceptors (Lipinski definition) is 4. The summed E-state index contributed by atoms with van der Waals surface area (Å²) in [6, 6.07) is -0.262. The Hall–Kier alpha value is -0.460. The third-order valence-corrected chi connectivity index (χ3v) is 6.27. The highest BCUT2D eigenvalue weighted by molar-refractivity contribution is 8.01. The first kappa shape index (κ1) is 16.9. The Balaban J connectivity index is 0.00000161. The van der Waals surface area contributed by atoms with E-state index in [1.54, 1.807) is 11.8 Å². The van der Waals surface area contributed by atoms with Crippen LogP contribution in [0.1, 0.15) is 32.6 Å². The van der Waals surface area contributed by atoms with Crippen molar-refractivity contribution < 1.29 is 9.59 Å². The fourth-order valence-electron chi connectivity index (χ4n) is 3.49. The van der Waals surface area contributed by atoms with E-state index in [4.69, 9.17) is 0 Å². The van der Waals surface area contributed by atoms with Gasteiger partial charge in [-0.25, -0.2) is 0 Å². The first-order chi connectivity index (χ1) is 9.60. The first-order valence-corrected chi connectivity index (χ1v) is 8.53. The van der Waals surface area contributed by atoms with Gasteiger partial charge in [0.1, 0.15) is 6.04 Å². The number of rotatable bonds is 4. The summed E-state index contributed by atoms with van der Waals surface area (Å²) in [7, 11) is 0. The molecule has 7 heteroatoms. The van der Waals surface area contributed by atoms with Crippen molar-refractivity contribution in [1.29, 1.82) is 0 Å². The van der Waals surface area contributed by atoms with Gasteiger partial charge in [-0.2, -0.15) is 0 Å². The van der Waals surface area contributed by atoms with Crippen molar-refractivity contribution in [3.63, 3.8) is 0 Å². The van der Waals surface area contributed by atoms with Gasteiger partial charge in [-0.3, -0.25) is 9.59 Å². The van der Waals surface area contributed by atoms with Crippen LogP contribution in [-0.2, 0) is 9.59 Å². The van der Waals surface area contributed by atoms with Gasteiger partial charge >= 0.3 is 0 Å². The van der Waals surface area contributed by atoms with Crippen molar-refractivity contribution in [2.24, 2.45) is 5.92 Å². The van der Waals surface area contributed by atoms with Gasteiger partial charge in [0.05, 0.1) is 4.87 Å². The molecule has 0 aromatic rings. The van der Waals surface area contributed by atoms with Gasteiger partial charge in [0.15, 0.2) is 0 Å². The SMILES string of the molecule is CC12CCC(=O)N1C(C(=O)NCCC1CCNC1)CS2.Cl. The van der Waals surface area contributed by atoms with Gasteiger partial charge in [0.25, 0.3) is 0 Å². The summed E-state index contributed by atoms with van der Waals surface area (Å²) in [5.41, 5.74) is 0. The fourth-order valence-corrected chi connectivity index (χ4v) is 4.92. The summed E-state index contributed by atoms with van der Waals surface area (Å²) < 4.78 is 0. The van der Waals surface area contributed by atoms with E-state index >= 15 is 0 Å². The summed E-state index contributed by atoms with van der Waals surface area (Å²) in [5, 5.41) is 6.37. The molecule has 0 aromatic carbocycles. The maximum absolute atomic E-state index is 12.3. The Morgan fingerprint density at radius 1 is 1.57 bits per heavy atom. The molecule has 0 aliphatic carbocycles. The van der Waals surface area contributed by atoms with Crippen LogP contribution in [0.4, 0.5) is 0 Å². The summed E-state index contributed by atoms with van der Waals surface area (Å²) >= 11 is 1.75. The van der Waals surface area contributed by atoms with Crippen molar-refractivity contribution in [1.82, 2.24) is 15.5 Å². The van der Waals surface area contributed by atoms with Crippen LogP contribution in [0.3, 0.4) is 0 Å². The fraction of sp³-hybridized carbons (Fsp3) is 0.857. The molecule has 3 fully saturated rings. The quantitative estimate of drug-likeness (QED) is 0.805. The third-order valence-electron chi connectivity index (χ3n) is 4.76. The number of nitrogens with one attached hydrogen (secondary N) is 2. The van der Waals surface area contributed by atoms with Crippen LogP contribution in [0.2, 0.25) is 0 Å². The van der Waals surface area contributed by atoms with E-state index in [1.807, 2.05) is 4.90 Å². The van der Waals surface area contributed by atoms with Gasteiger partial charge in [-0.15, -0.1) is 24.2 Å². The lowest BCUT2D eigenvalue weighted by atomic mass is 10.1. The highest BCUT2D eigenvalue weighted by Gasteiger charge is 2.52. The second-order valence-corrected chi connectivity index (χ2v) is 7.71. The van der Waals surface area contributed by atoms with Crippen LogP contribution in [0, 0.1) is 5.92 Å². The minimum absolute atomic E-state index is 0. The number of hydrogen-bond donors (Lipinski definition) is 2. The number of carbonyl (C=O) groups excluding carboxylic acids is 2. The molecule has 3 heterocycles.